The molecule has 1 aromatic heterocycles. The van der Waals surface area contributed by atoms with E-state index in [9.17, 15) is 9.90 Å². The quantitative estimate of drug-likeness (QED) is 0.245. The summed E-state index contributed by atoms with van der Waals surface area (Å²) >= 11 is 0. The van der Waals surface area contributed by atoms with Gasteiger partial charge < -0.3 is 20.3 Å². The van der Waals surface area contributed by atoms with E-state index in [1.165, 1.54) is 5.57 Å². The third kappa shape index (κ3) is 5.10. The van der Waals surface area contributed by atoms with Gasteiger partial charge in [0.2, 0.25) is 0 Å². The number of tetrazole rings is 1. The van der Waals surface area contributed by atoms with Crippen LogP contribution in [0.2, 0.25) is 0 Å². The smallest absolute Gasteiger partial charge is 0.307 e. The van der Waals surface area contributed by atoms with Gasteiger partial charge in [0.05, 0.1) is 31.8 Å². The minimum Gasteiger partial charge on any atom is -0.481 e. The van der Waals surface area contributed by atoms with Crippen LogP contribution in [0.3, 0.4) is 0 Å². The zero-order valence-electron chi connectivity index (χ0n) is 33.3. The Morgan fingerprint density at radius 3 is 2.42 bits per heavy atom. The maximum absolute atomic E-state index is 13.5. The summed E-state index contributed by atoms with van der Waals surface area (Å²) in [5.74, 6) is 0.908. The average molecular weight is 697 g/mol. The molecule has 1 aliphatic heterocycles. The number of carboxylic acid groups (broad SMARTS) is 1. The van der Waals surface area contributed by atoms with Gasteiger partial charge in [-0.2, -0.15) is 4.80 Å². The highest BCUT2D eigenvalue weighted by atomic mass is 16.5. The van der Waals surface area contributed by atoms with Gasteiger partial charge in [0.15, 0.2) is 0 Å². The lowest BCUT2D eigenvalue weighted by molar-refractivity contribution is -0.256. The first-order valence-corrected chi connectivity index (χ1v) is 19.7. The molecule has 5 aliphatic rings. The molecule has 0 aromatic carbocycles. The Kier molecular flexibility index (Phi) is 9.45. The molecule has 3 saturated carbocycles. The summed E-state index contributed by atoms with van der Waals surface area (Å²) in [5, 5.41) is 24.4. The summed E-state index contributed by atoms with van der Waals surface area (Å²) in [5.41, 5.74) is 6.18. The summed E-state index contributed by atoms with van der Waals surface area (Å²) in [7, 11) is 2.19. The number of ether oxygens (including phenoxy) is 2. The van der Waals surface area contributed by atoms with Gasteiger partial charge in [0, 0.05) is 16.4 Å². The van der Waals surface area contributed by atoms with Crippen molar-refractivity contribution in [2.24, 2.45) is 62.6 Å². The summed E-state index contributed by atoms with van der Waals surface area (Å²) in [6, 6.07) is -0.164. The summed E-state index contributed by atoms with van der Waals surface area (Å²) in [6.45, 7) is 28.1. The van der Waals surface area contributed by atoms with Crippen molar-refractivity contribution in [3.05, 3.63) is 11.6 Å². The normalized spacial score (nSPS) is 43.1. The maximum atomic E-state index is 13.5. The fourth-order valence-electron chi connectivity index (χ4n) is 12.8. The standard InChI is InChI=1S/C40H68N6O4/c1-13-45(12)39(11,25(4)5)22-50-32-29(46-43-34(41)42-44-46)20-40-23-49-21-36(32,8)30(40)15-14-27-28(40)16-17-38(10)31(33(47)48)35(7,26(6)24(2)3)18-19-37(27,38)9/h16,24-27,29-32H,13-15,17-23H2,1-12H3,(H2,41,43)(H,47,48)/t26-,27+,29-,30+,31-,32+,35-,36-,37-,38+,39-,40+/m1/s1. The molecule has 4 fully saturated rings. The second kappa shape index (κ2) is 12.5. The van der Waals surface area contributed by atoms with Gasteiger partial charge in [-0.05, 0) is 110 Å². The number of hydrogen-bond donors (Lipinski definition) is 2. The molecular formula is C40H68N6O4. The second-order valence-corrected chi connectivity index (χ2v) is 19.3. The third-order valence-electron chi connectivity index (χ3n) is 17.0. The molecule has 1 saturated heterocycles. The van der Waals surface area contributed by atoms with Gasteiger partial charge in [0.25, 0.3) is 5.95 Å². The minimum absolute atomic E-state index is 0.146. The molecule has 0 amide bonds. The van der Waals surface area contributed by atoms with Crippen LogP contribution in [0.4, 0.5) is 5.95 Å². The summed E-state index contributed by atoms with van der Waals surface area (Å²) in [6.07, 6.45) is 7.98. The molecular weight excluding hydrogens is 628 g/mol. The Hall–Kier alpha value is -2.04. The number of rotatable bonds is 10. The lowest BCUT2D eigenvalue weighted by atomic mass is 9.34. The molecule has 0 unspecified atom stereocenters. The number of fused-ring (bicyclic) bond motifs is 3. The van der Waals surface area contributed by atoms with E-state index < -0.39 is 11.9 Å². The van der Waals surface area contributed by atoms with Crippen molar-refractivity contribution in [1.82, 2.24) is 25.1 Å². The lowest BCUT2D eigenvalue weighted by Gasteiger charge is -2.71. The highest BCUT2D eigenvalue weighted by Gasteiger charge is 2.72. The minimum atomic E-state index is -0.625. The molecule has 2 heterocycles. The van der Waals surface area contributed by atoms with E-state index in [0.29, 0.717) is 49.4 Å². The Morgan fingerprint density at radius 1 is 1.14 bits per heavy atom. The molecule has 4 aliphatic carbocycles. The van der Waals surface area contributed by atoms with Gasteiger partial charge in [-0.1, -0.05) is 86.0 Å². The zero-order valence-corrected chi connectivity index (χ0v) is 33.3. The average Bonchev–Trinajstić information content (AvgIpc) is 3.49. The number of carbonyl (C=O) groups is 1. The Morgan fingerprint density at radius 2 is 1.84 bits per heavy atom. The fraction of sp³-hybridized carbons (Fsp3) is 0.900. The third-order valence-corrected chi connectivity index (χ3v) is 17.0. The number of nitrogens with zero attached hydrogens (tertiary/aromatic N) is 5. The van der Waals surface area contributed by atoms with Crippen LogP contribution in [0.25, 0.3) is 0 Å². The topological polar surface area (TPSA) is 129 Å². The number of nitrogen functional groups attached to an aromatic ring is 1. The van der Waals surface area contributed by atoms with E-state index in [0.717, 1.165) is 45.1 Å². The van der Waals surface area contributed by atoms with Crippen LogP contribution in [-0.2, 0) is 14.3 Å². The Balaban J connectivity index is 1.44. The van der Waals surface area contributed by atoms with Crippen molar-refractivity contribution in [3.8, 4) is 0 Å². The predicted octanol–water partition coefficient (Wildman–Crippen LogP) is 7.14. The van der Waals surface area contributed by atoms with Gasteiger partial charge in [-0.15, -0.1) is 5.10 Å². The van der Waals surface area contributed by atoms with E-state index in [-0.39, 0.29) is 50.7 Å². The summed E-state index contributed by atoms with van der Waals surface area (Å²) < 4.78 is 14.0. The van der Waals surface area contributed by atoms with E-state index in [1.54, 1.807) is 4.80 Å². The monoisotopic (exact) mass is 697 g/mol. The Bertz CT molecular complexity index is 1480. The molecule has 10 heteroatoms. The van der Waals surface area contributed by atoms with Crippen molar-refractivity contribution >= 4 is 11.9 Å². The van der Waals surface area contributed by atoms with Crippen LogP contribution < -0.4 is 5.73 Å². The number of likely N-dealkylation sites (N-methyl/N-ethyl adjacent to an activating group) is 1. The molecule has 0 spiro atoms. The number of hydrogen-bond acceptors (Lipinski definition) is 8. The number of aliphatic carboxylic acids is 1. The first-order valence-electron chi connectivity index (χ1n) is 19.7. The first kappa shape index (κ1) is 37.7. The van der Waals surface area contributed by atoms with Crippen LogP contribution in [-0.4, -0.2) is 81.2 Å². The highest BCUT2D eigenvalue weighted by molar-refractivity contribution is 5.73. The van der Waals surface area contributed by atoms with Gasteiger partial charge >= 0.3 is 5.97 Å². The largest absolute Gasteiger partial charge is 0.481 e. The maximum Gasteiger partial charge on any atom is 0.307 e. The van der Waals surface area contributed by atoms with Crippen molar-refractivity contribution in [1.29, 1.82) is 0 Å². The number of carboxylic acids is 1. The molecule has 10 nitrogen and oxygen atoms in total. The van der Waals surface area contributed by atoms with Crippen LogP contribution in [0.15, 0.2) is 11.6 Å². The molecule has 1 aromatic rings. The van der Waals surface area contributed by atoms with Gasteiger partial charge in [-0.25, -0.2) is 0 Å². The van der Waals surface area contributed by atoms with Crippen molar-refractivity contribution in [2.45, 2.75) is 132 Å². The molecule has 50 heavy (non-hydrogen) atoms. The van der Waals surface area contributed by atoms with Crippen LogP contribution in [0.5, 0.6) is 0 Å². The van der Waals surface area contributed by atoms with Gasteiger partial charge in [0.1, 0.15) is 6.04 Å². The second-order valence-electron chi connectivity index (χ2n) is 19.3. The SMILES string of the molecule is CCN(C)[C@](C)(CO[C@H]1[C@H](n2nnc(N)n2)C[C@@]23COC[C@]1(C)[C@@H]2CC[C@H]1C3=CC[C@@]2(C)[C@H](C(=O)O)[C@@](C)([C@H](C)C(C)C)CC[C@]12C)C(C)C. The fourth-order valence-corrected chi connectivity index (χ4v) is 12.8. The lowest BCUT2D eigenvalue weighted by Crippen LogP contribution is -2.69. The molecule has 3 N–H and O–H groups in total. The van der Waals surface area contributed by atoms with Crippen LogP contribution >= 0.6 is 0 Å². The van der Waals surface area contributed by atoms with Crippen molar-refractivity contribution in [3.63, 3.8) is 0 Å². The number of anilines is 1. The van der Waals surface area contributed by atoms with Gasteiger partial charge in [-0.3, -0.25) is 9.69 Å². The predicted molar refractivity (Wildman–Crippen MR) is 196 cm³/mol. The highest BCUT2D eigenvalue weighted by Crippen LogP contribution is 2.75. The zero-order chi connectivity index (χ0) is 36.8. The van der Waals surface area contributed by atoms with E-state index in [1.807, 2.05) is 0 Å². The molecule has 6 rings (SSSR count). The van der Waals surface area contributed by atoms with E-state index in [4.69, 9.17) is 15.2 Å². The van der Waals surface area contributed by atoms with Crippen molar-refractivity contribution in [2.75, 3.05) is 39.1 Å². The number of nitrogens with two attached hydrogens (primary N) is 1. The number of aromatic nitrogens is 4. The molecule has 282 valence electrons. The van der Waals surface area contributed by atoms with Crippen LogP contribution in [0.1, 0.15) is 121 Å². The van der Waals surface area contributed by atoms with Crippen LogP contribution in [0, 0.1) is 62.6 Å². The molecule has 2 bridgehead atoms. The number of allylic oxidation sites excluding steroid dienone is 1. The summed E-state index contributed by atoms with van der Waals surface area (Å²) in [4.78, 5) is 17.6. The van der Waals surface area contributed by atoms with Crippen molar-refractivity contribution < 1.29 is 19.4 Å². The van der Waals surface area contributed by atoms with E-state index in [2.05, 4.69) is 110 Å². The van der Waals surface area contributed by atoms with E-state index >= 15 is 0 Å². The molecule has 0 radical (unpaired) electrons. The Labute approximate surface area is 301 Å². The first-order chi connectivity index (χ1) is 23.3. The molecule has 12 atom stereocenters.